The molecule has 0 atom stereocenters. The fraction of sp³-hybridized carbons (Fsp3) is 0.531. The van der Waals surface area contributed by atoms with Crippen LogP contribution in [0.1, 0.15) is 99.9 Å². The van der Waals surface area contributed by atoms with Crippen LogP contribution in [0.5, 0.6) is 11.5 Å². The predicted octanol–water partition coefficient (Wildman–Crippen LogP) is 9.58. The summed E-state index contributed by atoms with van der Waals surface area (Å²) in [6.07, 6.45) is 17.7. The molecule has 1 N–H and O–H groups in total. The molecule has 0 unspecified atom stereocenters. The van der Waals surface area contributed by atoms with Crippen LogP contribution in [0, 0.1) is 0 Å². The number of para-hydroxylation sites is 1. The number of thioether (sulfide) groups is 1. The van der Waals surface area contributed by atoms with E-state index in [1.807, 2.05) is 30.3 Å². The van der Waals surface area contributed by atoms with E-state index in [0.29, 0.717) is 23.7 Å². The van der Waals surface area contributed by atoms with Crippen molar-refractivity contribution in [3.8, 4) is 11.5 Å². The second-order valence-electron chi connectivity index (χ2n) is 10.1. The first kappa shape index (κ1) is 33.1. The van der Waals surface area contributed by atoms with Gasteiger partial charge in [0.1, 0.15) is 0 Å². The lowest BCUT2D eigenvalue weighted by Gasteiger charge is -2.16. The van der Waals surface area contributed by atoms with E-state index in [-0.39, 0.29) is 22.9 Å². The summed E-state index contributed by atoms with van der Waals surface area (Å²) >= 11 is 1.79. The highest BCUT2D eigenvalue weighted by Gasteiger charge is 2.18. The van der Waals surface area contributed by atoms with Gasteiger partial charge in [-0.1, -0.05) is 95.8 Å². The minimum atomic E-state index is -0.192. The average molecular weight is 620 g/mol. The van der Waals surface area contributed by atoms with Crippen molar-refractivity contribution < 1.29 is 14.3 Å². The SMILES string of the molecule is Br.CCCCCCCCCCCCCCOc1c(OC)cccc1C(=O)Nc1cccc(CN2C=CSC2)c1. The molecule has 1 amide bonds. The van der Waals surface area contributed by atoms with E-state index in [1.54, 1.807) is 24.9 Å². The second kappa shape index (κ2) is 19.9. The summed E-state index contributed by atoms with van der Waals surface area (Å²) in [4.78, 5) is 15.5. The summed E-state index contributed by atoms with van der Waals surface area (Å²) in [6, 6.07) is 13.5. The second-order valence-corrected chi connectivity index (χ2v) is 10.9. The smallest absolute Gasteiger partial charge is 0.259 e. The Labute approximate surface area is 250 Å². The van der Waals surface area contributed by atoms with E-state index in [2.05, 4.69) is 34.8 Å². The Morgan fingerprint density at radius 2 is 1.59 bits per heavy atom. The number of amides is 1. The van der Waals surface area contributed by atoms with E-state index in [1.165, 1.54) is 64.2 Å². The Hall–Kier alpha value is -2.12. The molecule has 2 aromatic rings. The van der Waals surface area contributed by atoms with Gasteiger partial charge in [-0.2, -0.15) is 0 Å². The Kier molecular flexibility index (Phi) is 16.9. The molecule has 5 nitrogen and oxygen atoms in total. The van der Waals surface area contributed by atoms with Crippen LogP contribution in [0.2, 0.25) is 0 Å². The number of carbonyl (C=O) groups is 1. The molecule has 0 fully saturated rings. The standard InChI is InChI=1S/C32H46N2O3S.BrH/c1-3-4-5-6-7-8-9-10-11-12-13-14-22-37-31-29(19-16-20-30(31)36-2)32(35)33-28-18-15-17-27(24-28)25-34-21-23-38-26-34;/h15-21,23-24H,3-14,22,25-26H2,1-2H3,(H,33,35);1H. The predicted molar refractivity (Wildman–Crippen MR) is 171 cm³/mol. The van der Waals surface area contributed by atoms with Gasteiger partial charge in [-0.25, -0.2) is 0 Å². The van der Waals surface area contributed by atoms with Crippen molar-refractivity contribution in [1.82, 2.24) is 4.90 Å². The monoisotopic (exact) mass is 618 g/mol. The van der Waals surface area contributed by atoms with Crippen LogP contribution in [0.4, 0.5) is 5.69 Å². The number of methoxy groups -OCH3 is 1. The zero-order valence-corrected chi connectivity index (χ0v) is 26.3. The number of ether oxygens (including phenoxy) is 2. The Morgan fingerprint density at radius 1 is 0.923 bits per heavy atom. The Bertz CT molecular complexity index is 1000. The highest BCUT2D eigenvalue weighted by molar-refractivity contribution is 8.93. The highest BCUT2D eigenvalue weighted by Crippen LogP contribution is 2.32. The summed E-state index contributed by atoms with van der Waals surface area (Å²) in [7, 11) is 1.61. The molecule has 0 bridgehead atoms. The molecule has 0 radical (unpaired) electrons. The van der Waals surface area contributed by atoms with Crippen molar-refractivity contribution in [2.45, 2.75) is 90.5 Å². The van der Waals surface area contributed by atoms with Crippen molar-refractivity contribution in [3.63, 3.8) is 0 Å². The van der Waals surface area contributed by atoms with Gasteiger partial charge in [0.25, 0.3) is 5.91 Å². The number of anilines is 1. The quantitative estimate of drug-likeness (QED) is 0.159. The van der Waals surface area contributed by atoms with Gasteiger partial charge in [0, 0.05) is 18.4 Å². The van der Waals surface area contributed by atoms with Crippen LogP contribution in [-0.4, -0.2) is 30.4 Å². The molecular formula is C32H47BrN2O3S. The zero-order valence-electron chi connectivity index (χ0n) is 23.8. The van der Waals surface area contributed by atoms with Crippen LogP contribution in [0.25, 0.3) is 0 Å². The maximum Gasteiger partial charge on any atom is 0.259 e. The number of rotatable bonds is 19. The van der Waals surface area contributed by atoms with Crippen LogP contribution < -0.4 is 14.8 Å². The van der Waals surface area contributed by atoms with Gasteiger partial charge in [-0.15, -0.1) is 28.7 Å². The zero-order chi connectivity index (χ0) is 26.8. The van der Waals surface area contributed by atoms with Gasteiger partial charge in [-0.3, -0.25) is 4.79 Å². The maximum absolute atomic E-state index is 13.2. The number of carbonyl (C=O) groups excluding carboxylic acids is 1. The third kappa shape index (κ3) is 12.3. The Morgan fingerprint density at radius 3 is 2.23 bits per heavy atom. The van der Waals surface area contributed by atoms with E-state index in [0.717, 1.165) is 36.5 Å². The van der Waals surface area contributed by atoms with Crippen molar-refractivity contribution in [2.24, 2.45) is 0 Å². The number of unbranched alkanes of at least 4 members (excludes halogenated alkanes) is 11. The molecule has 216 valence electrons. The van der Waals surface area contributed by atoms with Crippen LogP contribution >= 0.6 is 28.7 Å². The summed E-state index contributed by atoms with van der Waals surface area (Å²) in [5.41, 5.74) is 2.43. The first-order chi connectivity index (χ1) is 18.7. The average Bonchev–Trinajstić information content (AvgIpc) is 3.44. The summed E-state index contributed by atoms with van der Waals surface area (Å²) < 4.78 is 11.6. The molecule has 0 saturated heterocycles. The number of benzene rings is 2. The molecule has 1 aliphatic heterocycles. The fourth-order valence-electron chi connectivity index (χ4n) is 4.71. The van der Waals surface area contributed by atoms with Gasteiger partial charge in [0.2, 0.25) is 0 Å². The van der Waals surface area contributed by atoms with Gasteiger partial charge in [-0.05, 0) is 41.7 Å². The molecule has 0 saturated carbocycles. The van der Waals surface area contributed by atoms with Crippen molar-refractivity contribution in [1.29, 1.82) is 0 Å². The van der Waals surface area contributed by atoms with Crippen molar-refractivity contribution in [2.75, 3.05) is 24.9 Å². The van der Waals surface area contributed by atoms with Crippen LogP contribution in [0.3, 0.4) is 0 Å². The van der Waals surface area contributed by atoms with Crippen molar-refractivity contribution in [3.05, 3.63) is 65.2 Å². The van der Waals surface area contributed by atoms with Gasteiger partial charge < -0.3 is 19.7 Å². The fourth-order valence-corrected chi connectivity index (χ4v) is 5.42. The largest absolute Gasteiger partial charge is 0.493 e. The number of halogens is 1. The van der Waals surface area contributed by atoms with Gasteiger partial charge in [0.15, 0.2) is 11.5 Å². The van der Waals surface area contributed by atoms with E-state index in [4.69, 9.17) is 9.47 Å². The molecule has 2 aromatic carbocycles. The topological polar surface area (TPSA) is 50.8 Å². The molecule has 0 aliphatic carbocycles. The first-order valence-electron chi connectivity index (χ1n) is 14.4. The lowest BCUT2D eigenvalue weighted by molar-refractivity contribution is 0.102. The van der Waals surface area contributed by atoms with Crippen molar-refractivity contribution >= 4 is 40.3 Å². The number of nitrogens with zero attached hydrogens (tertiary/aromatic N) is 1. The molecule has 1 heterocycles. The lowest BCUT2D eigenvalue weighted by Crippen LogP contribution is -2.15. The van der Waals surface area contributed by atoms with Crippen LogP contribution in [-0.2, 0) is 6.54 Å². The molecule has 1 aliphatic rings. The van der Waals surface area contributed by atoms with Gasteiger partial charge >= 0.3 is 0 Å². The molecule has 39 heavy (non-hydrogen) atoms. The van der Waals surface area contributed by atoms with Crippen LogP contribution in [0.15, 0.2) is 54.1 Å². The number of nitrogens with one attached hydrogen (secondary N) is 1. The normalized spacial score (nSPS) is 12.3. The molecule has 7 heteroatoms. The summed E-state index contributed by atoms with van der Waals surface area (Å²) in [5, 5.41) is 5.15. The number of hydrogen-bond donors (Lipinski definition) is 1. The Balaban J connectivity index is 0.00000533. The minimum absolute atomic E-state index is 0. The number of hydrogen-bond acceptors (Lipinski definition) is 5. The van der Waals surface area contributed by atoms with E-state index in [9.17, 15) is 4.79 Å². The molecular weight excluding hydrogens is 572 g/mol. The summed E-state index contributed by atoms with van der Waals surface area (Å²) in [6.45, 7) is 3.67. The third-order valence-corrected chi connectivity index (χ3v) is 7.66. The van der Waals surface area contributed by atoms with E-state index >= 15 is 0 Å². The minimum Gasteiger partial charge on any atom is -0.493 e. The molecule has 3 rings (SSSR count). The summed E-state index contributed by atoms with van der Waals surface area (Å²) in [5.74, 6) is 1.87. The lowest BCUT2D eigenvalue weighted by atomic mass is 10.1. The first-order valence-corrected chi connectivity index (χ1v) is 15.5. The molecule has 0 spiro atoms. The van der Waals surface area contributed by atoms with Gasteiger partial charge in [0.05, 0.1) is 25.2 Å². The molecule has 0 aromatic heterocycles. The van der Waals surface area contributed by atoms with E-state index < -0.39 is 0 Å². The third-order valence-electron chi connectivity index (χ3n) is 6.87. The maximum atomic E-state index is 13.2. The highest BCUT2D eigenvalue weighted by atomic mass is 79.9.